The third-order valence-electron chi connectivity index (χ3n) is 3.08. The van der Waals surface area contributed by atoms with E-state index in [2.05, 4.69) is 20.4 Å². The molecule has 2 heterocycles. The first-order valence-electron chi connectivity index (χ1n) is 7.57. The van der Waals surface area contributed by atoms with E-state index in [9.17, 15) is 22.8 Å². The molecule has 0 spiro atoms. The first kappa shape index (κ1) is 19.3. The summed E-state index contributed by atoms with van der Waals surface area (Å²) in [5.74, 6) is -0.906. The minimum Gasteiger partial charge on any atom is -0.468 e. The minimum atomic E-state index is -4.48. The minimum absolute atomic E-state index is 0.00848. The number of pyridine rings is 1. The van der Waals surface area contributed by atoms with Gasteiger partial charge in [0.25, 0.3) is 5.91 Å². The molecule has 2 rings (SSSR count). The van der Waals surface area contributed by atoms with Crippen LogP contribution >= 0.6 is 0 Å². The summed E-state index contributed by atoms with van der Waals surface area (Å²) in [6, 6.07) is 6.07. The second kappa shape index (κ2) is 8.88. The summed E-state index contributed by atoms with van der Waals surface area (Å²) < 4.78 is 46.2. The SMILES string of the molecule is O=C(CCNC(=O)c1ccco1)NCc1cccnc1OCC(F)(F)F. The molecule has 2 aromatic rings. The molecule has 26 heavy (non-hydrogen) atoms. The number of nitrogens with zero attached hydrogens (tertiary/aromatic N) is 1. The Morgan fingerprint density at radius 3 is 2.69 bits per heavy atom. The van der Waals surface area contributed by atoms with Crippen molar-refractivity contribution in [3.8, 4) is 5.88 Å². The van der Waals surface area contributed by atoms with Crippen LogP contribution in [0.1, 0.15) is 22.5 Å². The number of ether oxygens (including phenoxy) is 1. The zero-order chi connectivity index (χ0) is 19.0. The zero-order valence-electron chi connectivity index (χ0n) is 13.5. The van der Waals surface area contributed by atoms with Crippen LogP contribution in [0.4, 0.5) is 13.2 Å². The van der Waals surface area contributed by atoms with Crippen LogP contribution < -0.4 is 15.4 Å². The van der Waals surface area contributed by atoms with Gasteiger partial charge in [-0.25, -0.2) is 4.98 Å². The Kier molecular flexibility index (Phi) is 6.59. The van der Waals surface area contributed by atoms with Gasteiger partial charge in [0.05, 0.1) is 6.26 Å². The maximum absolute atomic E-state index is 12.2. The van der Waals surface area contributed by atoms with Crippen LogP contribution in [0.25, 0.3) is 0 Å². The van der Waals surface area contributed by atoms with Crippen molar-refractivity contribution in [1.29, 1.82) is 0 Å². The molecule has 0 unspecified atom stereocenters. The highest BCUT2D eigenvalue weighted by molar-refractivity contribution is 5.91. The molecule has 0 atom stereocenters. The van der Waals surface area contributed by atoms with E-state index >= 15 is 0 Å². The molecule has 0 aromatic carbocycles. The fourth-order valence-electron chi connectivity index (χ4n) is 1.91. The van der Waals surface area contributed by atoms with Crippen molar-refractivity contribution in [1.82, 2.24) is 15.6 Å². The molecular weight excluding hydrogens is 355 g/mol. The highest BCUT2D eigenvalue weighted by Gasteiger charge is 2.29. The Morgan fingerprint density at radius 1 is 1.19 bits per heavy atom. The van der Waals surface area contributed by atoms with Gasteiger partial charge < -0.3 is 19.8 Å². The maximum atomic E-state index is 12.2. The molecule has 0 saturated heterocycles. The Balaban J connectivity index is 1.76. The van der Waals surface area contributed by atoms with Crippen LogP contribution in [0.3, 0.4) is 0 Å². The molecule has 0 aliphatic rings. The summed E-state index contributed by atoms with van der Waals surface area (Å²) in [7, 11) is 0. The quantitative estimate of drug-likeness (QED) is 0.741. The predicted octanol–water partition coefficient (Wildman–Crippen LogP) is 2.05. The van der Waals surface area contributed by atoms with Gasteiger partial charge in [0, 0.05) is 31.3 Å². The fourth-order valence-corrected chi connectivity index (χ4v) is 1.91. The van der Waals surface area contributed by atoms with Gasteiger partial charge in [-0.15, -0.1) is 0 Å². The van der Waals surface area contributed by atoms with E-state index in [1.807, 2.05) is 0 Å². The van der Waals surface area contributed by atoms with Crippen molar-refractivity contribution in [3.63, 3.8) is 0 Å². The van der Waals surface area contributed by atoms with Crippen LogP contribution in [0.2, 0.25) is 0 Å². The highest BCUT2D eigenvalue weighted by atomic mass is 19.4. The number of hydrogen-bond acceptors (Lipinski definition) is 5. The fraction of sp³-hybridized carbons (Fsp3) is 0.312. The summed E-state index contributed by atoms with van der Waals surface area (Å²) in [6.07, 6.45) is -1.84. The van der Waals surface area contributed by atoms with Crippen molar-refractivity contribution >= 4 is 11.8 Å². The van der Waals surface area contributed by atoms with E-state index in [4.69, 9.17) is 4.42 Å². The lowest BCUT2D eigenvalue weighted by atomic mass is 10.2. The van der Waals surface area contributed by atoms with Crippen LogP contribution in [0.5, 0.6) is 5.88 Å². The molecule has 0 aliphatic carbocycles. The lowest BCUT2D eigenvalue weighted by Crippen LogP contribution is -2.30. The van der Waals surface area contributed by atoms with Crippen molar-refractivity contribution < 1.29 is 31.9 Å². The Bertz CT molecular complexity index is 733. The zero-order valence-corrected chi connectivity index (χ0v) is 13.5. The third kappa shape index (κ3) is 6.46. The number of furan rings is 1. The normalized spacial score (nSPS) is 11.0. The Hall–Kier alpha value is -3.04. The van der Waals surface area contributed by atoms with Crippen LogP contribution in [0, 0.1) is 0 Å². The molecule has 7 nitrogen and oxygen atoms in total. The van der Waals surface area contributed by atoms with E-state index < -0.39 is 24.6 Å². The predicted molar refractivity (Wildman–Crippen MR) is 83.3 cm³/mol. The van der Waals surface area contributed by atoms with Gasteiger partial charge in [0.1, 0.15) is 0 Å². The second-order valence-electron chi connectivity index (χ2n) is 5.13. The van der Waals surface area contributed by atoms with E-state index in [-0.39, 0.29) is 31.2 Å². The lowest BCUT2D eigenvalue weighted by molar-refractivity contribution is -0.154. The van der Waals surface area contributed by atoms with Crippen LogP contribution in [-0.4, -0.2) is 36.1 Å². The van der Waals surface area contributed by atoms with Crippen LogP contribution in [-0.2, 0) is 11.3 Å². The standard InChI is InChI=1S/C16H16F3N3O4/c17-16(18,19)10-26-15-11(3-1-6-21-15)9-22-13(23)5-7-20-14(24)12-4-2-8-25-12/h1-4,6,8H,5,7,9-10H2,(H,20,24)(H,22,23). The second-order valence-corrected chi connectivity index (χ2v) is 5.13. The van der Waals surface area contributed by atoms with E-state index in [0.29, 0.717) is 5.56 Å². The first-order chi connectivity index (χ1) is 12.3. The molecule has 2 amide bonds. The largest absolute Gasteiger partial charge is 0.468 e. The molecular formula is C16H16F3N3O4. The highest BCUT2D eigenvalue weighted by Crippen LogP contribution is 2.19. The number of carbonyl (C=O) groups excluding carboxylic acids is 2. The molecule has 0 aliphatic heterocycles. The number of hydrogen-bond donors (Lipinski definition) is 2. The average molecular weight is 371 g/mol. The van der Waals surface area contributed by atoms with Gasteiger partial charge in [-0.1, -0.05) is 6.07 Å². The van der Waals surface area contributed by atoms with Crippen molar-refractivity contribution in [2.45, 2.75) is 19.1 Å². The van der Waals surface area contributed by atoms with E-state index in [1.165, 1.54) is 30.7 Å². The maximum Gasteiger partial charge on any atom is 0.422 e. The van der Waals surface area contributed by atoms with Gasteiger partial charge in [0.15, 0.2) is 12.4 Å². The van der Waals surface area contributed by atoms with Crippen molar-refractivity contribution in [2.75, 3.05) is 13.2 Å². The smallest absolute Gasteiger partial charge is 0.422 e. The topological polar surface area (TPSA) is 93.5 Å². The first-order valence-corrected chi connectivity index (χ1v) is 7.57. The lowest BCUT2D eigenvalue weighted by Gasteiger charge is -2.12. The summed E-state index contributed by atoms with van der Waals surface area (Å²) in [6.45, 7) is -1.44. The third-order valence-corrected chi connectivity index (χ3v) is 3.08. The molecule has 10 heteroatoms. The van der Waals surface area contributed by atoms with E-state index in [1.54, 1.807) is 6.07 Å². The van der Waals surface area contributed by atoms with E-state index in [0.717, 1.165) is 0 Å². The number of alkyl halides is 3. The molecule has 140 valence electrons. The molecule has 0 fully saturated rings. The van der Waals surface area contributed by atoms with Gasteiger partial charge in [-0.3, -0.25) is 9.59 Å². The van der Waals surface area contributed by atoms with Crippen molar-refractivity contribution in [2.24, 2.45) is 0 Å². The number of halogens is 3. The number of amides is 2. The average Bonchev–Trinajstić information content (AvgIpc) is 3.13. The molecule has 2 N–H and O–H groups in total. The number of aromatic nitrogens is 1. The number of nitrogens with one attached hydrogen (secondary N) is 2. The summed E-state index contributed by atoms with van der Waals surface area (Å²) in [4.78, 5) is 27.1. The van der Waals surface area contributed by atoms with Crippen molar-refractivity contribution in [3.05, 3.63) is 48.0 Å². The molecule has 0 bridgehead atoms. The van der Waals surface area contributed by atoms with Gasteiger partial charge in [0.2, 0.25) is 11.8 Å². The van der Waals surface area contributed by atoms with Gasteiger partial charge in [-0.05, 0) is 18.2 Å². The monoisotopic (exact) mass is 371 g/mol. The Morgan fingerprint density at radius 2 is 2.00 bits per heavy atom. The van der Waals surface area contributed by atoms with Crippen LogP contribution in [0.15, 0.2) is 41.1 Å². The number of rotatable bonds is 8. The van der Waals surface area contributed by atoms with Gasteiger partial charge >= 0.3 is 6.18 Å². The number of carbonyl (C=O) groups is 2. The Labute approximate surface area is 146 Å². The molecule has 0 radical (unpaired) electrons. The summed E-state index contributed by atoms with van der Waals surface area (Å²) >= 11 is 0. The molecule has 0 saturated carbocycles. The summed E-state index contributed by atoms with van der Waals surface area (Å²) in [5, 5.41) is 5.04. The molecule has 2 aromatic heterocycles. The van der Waals surface area contributed by atoms with Gasteiger partial charge in [-0.2, -0.15) is 13.2 Å². The summed E-state index contributed by atoms with van der Waals surface area (Å²) in [5.41, 5.74) is 0.310.